The van der Waals surface area contributed by atoms with Gasteiger partial charge in [-0.05, 0) is 37.0 Å². The maximum atomic E-state index is 12.1. The van der Waals surface area contributed by atoms with Crippen LogP contribution < -0.4 is 5.32 Å². The number of urea groups is 1. The van der Waals surface area contributed by atoms with Gasteiger partial charge in [-0.25, -0.2) is 4.79 Å². The highest BCUT2D eigenvalue weighted by Crippen LogP contribution is 2.27. The summed E-state index contributed by atoms with van der Waals surface area (Å²) in [5.74, 6) is -0.881. The number of nitrogens with one attached hydrogen (secondary N) is 1. The minimum Gasteiger partial charge on any atom is -0.481 e. The Kier molecular flexibility index (Phi) is 4.55. The van der Waals surface area contributed by atoms with Crippen molar-refractivity contribution in [3.63, 3.8) is 0 Å². The number of carboxylic acids is 1. The number of aliphatic carboxylic acids is 1. The zero-order valence-electron chi connectivity index (χ0n) is 11.5. The van der Waals surface area contributed by atoms with Crippen molar-refractivity contribution in [2.24, 2.45) is 0 Å². The molecule has 0 bridgehead atoms. The summed E-state index contributed by atoms with van der Waals surface area (Å²) in [6.45, 7) is 2.64. The van der Waals surface area contributed by atoms with Gasteiger partial charge in [0, 0.05) is 31.5 Å². The summed E-state index contributed by atoms with van der Waals surface area (Å²) in [7, 11) is 0. The van der Waals surface area contributed by atoms with Gasteiger partial charge in [-0.1, -0.05) is 0 Å². The van der Waals surface area contributed by atoms with E-state index in [1.165, 1.54) is 0 Å². The van der Waals surface area contributed by atoms with E-state index in [2.05, 4.69) is 10.3 Å². The predicted molar refractivity (Wildman–Crippen MR) is 73.2 cm³/mol. The molecule has 2 amide bonds. The van der Waals surface area contributed by atoms with Gasteiger partial charge < -0.3 is 15.3 Å². The normalized spacial score (nSPS) is 13.8. The molecule has 0 aliphatic heterocycles. The van der Waals surface area contributed by atoms with E-state index < -0.39 is 5.97 Å². The fourth-order valence-electron chi connectivity index (χ4n) is 2.03. The number of hydrogen-bond acceptors (Lipinski definition) is 3. The van der Waals surface area contributed by atoms with Crippen molar-refractivity contribution in [3.8, 4) is 0 Å². The molecule has 1 aliphatic rings. The van der Waals surface area contributed by atoms with Crippen LogP contribution in [0.2, 0.25) is 0 Å². The van der Waals surface area contributed by atoms with Gasteiger partial charge in [0.05, 0.1) is 6.42 Å². The van der Waals surface area contributed by atoms with Gasteiger partial charge in [0.2, 0.25) is 0 Å². The van der Waals surface area contributed by atoms with Crippen LogP contribution in [0.25, 0.3) is 0 Å². The molecule has 2 rings (SSSR count). The van der Waals surface area contributed by atoms with Crippen LogP contribution in [-0.2, 0) is 11.3 Å². The zero-order chi connectivity index (χ0) is 14.5. The maximum absolute atomic E-state index is 12.1. The van der Waals surface area contributed by atoms with Crippen LogP contribution in [0.15, 0.2) is 18.5 Å². The number of pyridine rings is 1. The molecule has 108 valence electrons. The first kappa shape index (κ1) is 14.3. The van der Waals surface area contributed by atoms with Crippen molar-refractivity contribution >= 4 is 12.0 Å². The average molecular weight is 277 g/mol. The quantitative estimate of drug-likeness (QED) is 0.826. The first-order valence-electron chi connectivity index (χ1n) is 6.73. The number of nitrogens with zero attached hydrogens (tertiary/aromatic N) is 2. The Bertz CT molecular complexity index is 500. The van der Waals surface area contributed by atoms with Crippen molar-refractivity contribution in [3.05, 3.63) is 29.6 Å². The van der Waals surface area contributed by atoms with Crippen molar-refractivity contribution in [1.82, 2.24) is 15.2 Å². The monoisotopic (exact) mass is 277 g/mol. The Labute approximate surface area is 117 Å². The number of carbonyl (C=O) groups is 2. The van der Waals surface area contributed by atoms with E-state index in [-0.39, 0.29) is 25.0 Å². The molecule has 1 aromatic rings. The highest BCUT2D eigenvalue weighted by molar-refractivity contribution is 5.76. The third-order valence-electron chi connectivity index (χ3n) is 3.38. The van der Waals surface area contributed by atoms with Crippen LogP contribution in [0.1, 0.15) is 30.4 Å². The van der Waals surface area contributed by atoms with Gasteiger partial charge in [-0.3, -0.25) is 9.78 Å². The first-order chi connectivity index (χ1) is 9.58. The Morgan fingerprint density at radius 1 is 1.50 bits per heavy atom. The zero-order valence-corrected chi connectivity index (χ0v) is 11.5. The van der Waals surface area contributed by atoms with Crippen LogP contribution in [0.5, 0.6) is 0 Å². The summed E-state index contributed by atoms with van der Waals surface area (Å²) in [6.07, 6.45) is 5.35. The van der Waals surface area contributed by atoms with Crippen molar-refractivity contribution in [1.29, 1.82) is 0 Å². The van der Waals surface area contributed by atoms with Crippen LogP contribution >= 0.6 is 0 Å². The summed E-state index contributed by atoms with van der Waals surface area (Å²) < 4.78 is 0. The van der Waals surface area contributed by atoms with Crippen molar-refractivity contribution < 1.29 is 14.7 Å². The first-order valence-corrected chi connectivity index (χ1v) is 6.73. The largest absolute Gasteiger partial charge is 0.481 e. The smallest absolute Gasteiger partial charge is 0.317 e. The standard InChI is InChI=1S/C14H19N3O3/c1-10-8-15-6-4-11(10)9-16-14(20)17(12-2-3-12)7-5-13(18)19/h4,6,8,12H,2-3,5,7,9H2,1H3,(H,16,20)(H,18,19). The fourth-order valence-corrected chi connectivity index (χ4v) is 2.03. The SMILES string of the molecule is Cc1cnccc1CNC(=O)N(CCC(=O)O)C1CC1. The molecule has 0 atom stereocenters. The van der Waals surface area contributed by atoms with Crippen LogP contribution in [0, 0.1) is 6.92 Å². The summed E-state index contributed by atoms with van der Waals surface area (Å²) in [5.41, 5.74) is 2.04. The second kappa shape index (κ2) is 6.36. The second-order valence-electron chi connectivity index (χ2n) is 5.03. The predicted octanol–water partition coefficient (Wildman–Crippen LogP) is 1.54. The van der Waals surface area contributed by atoms with Crippen LogP contribution in [-0.4, -0.2) is 39.6 Å². The molecule has 1 aromatic heterocycles. The Morgan fingerprint density at radius 2 is 2.25 bits per heavy atom. The van der Waals surface area contributed by atoms with Crippen LogP contribution in [0.3, 0.4) is 0 Å². The van der Waals surface area contributed by atoms with E-state index in [1.54, 1.807) is 17.3 Å². The van der Waals surface area contributed by atoms with Crippen molar-refractivity contribution in [2.45, 2.75) is 38.8 Å². The van der Waals surface area contributed by atoms with Crippen LogP contribution in [0.4, 0.5) is 4.79 Å². The highest BCUT2D eigenvalue weighted by Gasteiger charge is 2.32. The van der Waals surface area contributed by atoms with E-state index in [0.29, 0.717) is 6.54 Å². The van der Waals surface area contributed by atoms with Gasteiger partial charge in [-0.2, -0.15) is 0 Å². The molecule has 0 unspecified atom stereocenters. The number of aromatic nitrogens is 1. The number of amides is 2. The lowest BCUT2D eigenvalue weighted by Gasteiger charge is -2.22. The molecule has 0 radical (unpaired) electrons. The number of hydrogen-bond donors (Lipinski definition) is 2. The third-order valence-corrected chi connectivity index (χ3v) is 3.38. The molecule has 0 spiro atoms. The molecule has 20 heavy (non-hydrogen) atoms. The average Bonchev–Trinajstić information content (AvgIpc) is 3.22. The van der Waals surface area contributed by atoms with Gasteiger partial charge >= 0.3 is 12.0 Å². The lowest BCUT2D eigenvalue weighted by molar-refractivity contribution is -0.137. The molecule has 1 fully saturated rings. The summed E-state index contributed by atoms with van der Waals surface area (Å²) >= 11 is 0. The maximum Gasteiger partial charge on any atom is 0.317 e. The minimum atomic E-state index is -0.881. The Morgan fingerprint density at radius 3 is 2.85 bits per heavy atom. The molecule has 0 saturated heterocycles. The molecular formula is C14H19N3O3. The van der Waals surface area contributed by atoms with E-state index in [9.17, 15) is 9.59 Å². The topological polar surface area (TPSA) is 82.5 Å². The summed E-state index contributed by atoms with van der Waals surface area (Å²) in [6, 6.07) is 1.88. The van der Waals surface area contributed by atoms with E-state index >= 15 is 0 Å². The summed E-state index contributed by atoms with van der Waals surface area (Å²) in [4.78, 5) is 28.4. The number of carboxylic acid groups (broad SMARTS) is 1. The van der Waals surface area contributed by atoms with E-state index in [4.69, 9.17) is 5.11 Å². The van der Waals surface area contributed by atoms with Gasteiger partial charge in [0.25, 0.3) is 0 Å². The second-order valence-corrected chi connectivity index (χ2v) is 5.03. The molecule has 0 aromatic carbocycles. The van der Waals surface area contributed by atoms with E-state index in [0.717, 1.165) is 24.0 Å². The molecule has 6 nitrogen and oxygen atoms in total. The van der Waals surface area contributed by atoms with Gasteiger partial charge in [0.1, 0.15) is 0 Å². The highest BCUT2D eigenvalue weighted by atomic mass is 16.4. The van der Waals surface area contributed by atoms with Gasteiger partial charge in [0.15, 0.2) is 0 Å². The minimum absolute atomic E-state index is 0.0157. The Balaban J connectivity index is 1.88. The number of aryl methyl sites for hydroxylation is 1. The van der Waals surface area contributed by atoms with Gasteiger partial charge in [-0.15, -0.1) is 0 Å². The fraction of sp³-hybridized carbons (Fsp3) is 0.500. The molecule has 1 heterocycles. The number of rotatable bonds is 6. The lowest BCUT2D eigenvalue weighted by atomic mass is 10.1. The van der Waals surface area contributed by atoms with Crippen molar-refractivity contribution in [2.75, 3.05) is 6.54 Å². The molecule has 2 N–H and O–H groups in total. The Hall–Kier alpha value is -2.11. The third kappa shape index (κ3) is 3.94. The summed E-state index contributed by atoms with van der Waals surface area (Å²) in [5, 5.41) is 11.6. The molecule has 1 saturated carbocycles. The molecular weight excluding hydrogens is 258 g/mol. The number of carbonyl (C=O) groups excluding carboxylic acids is 1. The molecule has 1 aliphatic carbocycles. The lowest BCUT2D eigenvalue weighted by Crippen LogP contribution is -2.42. The van der Waals surface area contributed by atoms with E-state index in [1.807, 2.05) is 13.0 Å². The molecule has 6 heteroatoms.